The van der Waals surface area contributed by atoms with Crippen molar-refractivity contribution in [3.05, 3.63) is 52.9 Å². The number of rotatable bonds is 6. The zero-order valence-electron chi connectivity index (χ0n) is 15.3. The first-order chi connectivity index (χ1) is 13.2. The summed E-state index contributed by atoms with van der Waals surface area (Å²) in [6.45, 7) is 2.65. The molecule has 2 aliphatic rings. The molecule has 0 bridgehead atoms. The Bertz CT molecular complexity index is 801. The standard InChI is InChI=1S/C21H25N3O2S/c25-19(23-21-18(10-12-27-21)20(26)22-17-8-9-17)16-7-4-11-24(14-16)13-15-5-2-1-3-6-15/h1-3,5-6,10,12,16-17H,4,7-9,11,13-14H2,(H,22,26)(H,23,25). The van der Waals surface area contributed by atoms with Gasteiger partial charge in [-0.2, -0.15) is 0 Å². The van der Waals surface area contributed by atoms with Crippen LogP contribution in [0.25, 0.3) is 0 Å². The number of thiophene rings is 1. The number of likely N-dealkylation sites (tertiary alicyclic amines) is 1. The van der Waals surface area contributed by atoms with Crippen LogP contribution in [0, 0.1) is 5.92 Å². The van der Waals surface area contributed by atoms with Crippen LogP contribution in [0.4, 0.5) is 5.00 Å². The van der Waals surface area contributed by atoms with E-state index in [0.717, 1.165) is 45.3 Å². The topological polar surface area (TPSA) is 61.4 Å². The minimum atomic E-state index is -0.0802. The van der Waals surface area contributed by atoms with Gasteiger partial charge in [-0.3, -0.25) is 14.5 Å². The molecule has 4 rings (SSSR count). The van der Waals surface area contributed by atoms with Crippen molar-refractivity contribution in [3.8, 4) is 0 Å². The van der Waals surface area contributed by atoms with E-state index < -0.39 is 0 Å². The van der Waals surface area contributed by atoms with Crippen molar-refractivity contribution >= 4 is 28.2 Å². The van der Waals surface area contributed by atoms with E-state index in [0.29, 0.717) is 16.6 Å². The lowest BCUT2D eigenvalue weighted by Crippen LogP contribution is -2.40. The Kier molecular flexibility index (Phi) is 5.55. The van der Waals surface area contributed by atoms with E-state index in [1.807, 2.05) is 11.4 Å². The molecule has 1 saturated carbocycles. The molecule has 2 heterocycles. The minimum absolute atomic E-state index is 0.0238. The summed E-state index contributed by atoms with van der Waals surface area (Å²) in [5.41, 5.74) is 1.85. The average molecular weight is 384 g/mol. The second-order valence-corrected chi connectivity index (χ2v) is 8.38. The van der Waals surface area contributed by atoms with Gasteiger partial charge in [-0.1, -0.05) is 30.3 Å². The quantitative estimate of drug-likeness (QED) is 0.803. The maximum absolute atomic E-state index is 12.8. The van der Waals surface area contributed by atoms with Crippen molar-refractivity contribution in [1.29, 1.82) is 0 Å². The minimum Gasteiger partial charge on any atom is -0.349 e. The molecule has 2 fully saturated rings. The zero-order valence-corrected chi connectivity index (χ0v) is 16.1. The van der Waals surface area contributed by atoms with E-state index >= 15 is 0 Å². The van der Waals surface area contributed by atoms with Crippen LogP contribution in [-0.4, -0.2) is 35.8 Å². The molecule has 1 aliphatic carbocycles. The van der Waals surface area contributed by atoms with Gasteiger partial charge in [0.15, 0.2) is 0 Å². The lowest BCUT2D eigenvalue weighted by Gasteiger charge is -2.32. The normalized spacial score (nSPS) is 20.2. The lowest BCUT2D eigenvalue weighted by atomic mass is 9.96. The molecule has 1 aromatic heterocycles. The highest BCUT2D eigenvalue weighted by atomic mass is 32.1. The van der Waals surface area contributed by atoms with Crippen LogP contribution in [0.15, 0.2) is 41.8 Å². The first-order valence-electron chi connectivity index (χ1n) is 9.64. The Balaban J connectivity index is 1.35. The van der Waals surface area contributed by atoms with Crippen LogP contribution < -0.4 is 10.6 Å². The summed E-state index contributed by atoms with van der Waals surface area (Å²) in [6.07, 6.45) is 4.02. The van der Waals surface area contributed by atoms with Gasteiger partial charge >= 0.3 is 0 Å². The summed E-state index contributed by atoms with van der Waals surface area (Å²) < 4.78 is 0. The number of benzene rings is 1. The van der Waals surface area contributed by atoms with Crippen LogP contribution in [0.2, 0.25) is 0 Å². The van der Waals surface area contributed by atoms with Crippen LogP contribution >= 0.6 is 11.3 Å². The van der Waals surface area contributed by atoms with Gasteiger partial charge in [0.2, 0.25) is 5.91 Å². The van der Waals surface area contributed by atoms with Crippen molar-refractivity contribution in [2.45, 2.75) is 38.3 Å². The summed E-state index contributed by atoms with van der Waals surface area (Å²) in [5, 5.41) is 8.53. The van der Waals surface area contributed by atoms with E-state index in [1.54, 1.807) is 6.07 Å². The van der Waals surface area contributed by atoms with Crippen LogP contribution in [0.1, 0.15) is 41.6 Å². The molecule has 142 valence electrons. The van der Waals surface area contributed by atoms with E-state index in [-0.39, 0.29) is 17.7 Å². The van der Waals surface area contributed by atoms with Gasteiger partial charge in [0, 0.05) is 19.1 Å². The number of hydrogen-bond donors (Lipinski definition) is 2. The van der Waals surface area contributed by atoms with E-state index in [9.17, 15) is 9.59 Å². The molecule has 27 heavy (non-hydrogen) atoms. The SMILES string of the molecule is O=C(NC1CC1)c1ccsc1NC(=O)C1CCCN(Cc2ccccc2)C1. The largest absolute Gasteiger partial charge is 0.349 e. The average Bonchev–Trinajstić information content (AvgIpc) is 3.37. The lowest BCUT2D eigenvalue weighted by molar-refractivity contribution is -0.121. The summed E-state index contributed by atoms with van der Waals surface area (Å²) >= 11 is 1.41. The fraction of sp³-hybridized carbons (Fsp3) is 0.429. The third-order valence-electron chi connectivity index (χ3n) is 5.18. The van der Waals surface area contributed by atoms with Crippen LogP contribution in [0.5, 0.6) is 0 Å². The molecule has 6 heteroatoms. The molecular weight excluding hydrogens is 358 g/mol. The molecule has 0 spiro atoms. The number of amides is 2. The van der Waals surface area contributed by atoms with Crippen molar-refractivity contribution in [1.82, 2.24) is 10.2 Å². The highest BCUT2D eigenvalue weighted by Crippen LogP contribution is 2.27. The van der Waals surface area contributed by atoms with Gasteiger partial charge in [0.05, 0.1) is 11.5 Å². The molecule has 1 unspecified atom stereocenters. The Morgan fingerprint density at radius 1 is 1.11 bits per heavy atom. The van der Waals surface area contributed by atoms with Gasteiger partial charge in [-0.25, -0.2) is 0 Å². The first-order valence-corrected chi connectivity index (χ1v) is 10.5. The second kappa shape index (κ2) is 8.23. The first kappa shape index (κ1) is 18.2. The van der Waals surface area contributed by atoms with Gasteiger partial charge in [-0.05, 0) is 49.2 Å². The van der Waals surface area contributed by atoms with Gasteiger partial charge in [0.1, 0.15) is 5.00 Å². The van der Waals surface area contributed by atoms with Crippen molar-refractivity contribution < 1.29 is 9.59 Å². The summed E-state index contributed by atoms with van der Waals surface area (Å²) in [5.74, 6) is -0.0945. The molecular formula is C21H25N3O2S. The number of nitrogens with zero attached hydrogens (tertiary/aromatic N) is 1. The predicted molar refractivity (Wildman–Crippen MR) is 108 cm³/mol. The maximum Gasteiger partial charge on any atom is 0.254 e. The Morgan fingerprint density at radius 3 is 2.70 bits per heavy atom. The van der Waals surface area contributed by atoms with E-state index in [4.69, 9.17) is 0 Å². The molecule has 1 aliphatic heterocycles. The summed E-state index contributed by atoms with van der Waals surface area (Å²) in [4.78, 5) is 27.5. The number of hydrogen-bond acceptors (Lipinski definition) is 4. The second-order valence-electron chi connectivity index (χ2n) is 7.46. The van der Waals surface area contributed by atoms with Gasteiger partial charge in [0.25, 0.3) is 5.91 Å². The summed E-state index contributed by atoms with van der Waals surface area (Å²) in [7, 11) is 0. The van der Waals surface area contributed by atoms with Crippen molar-refractivity contribution in [2.24, 2.45) is 5.92 Å². The fourth-order valence-corrected chi connectivity index (χ4v) is 4.33. The van der Waals surface area contributed by atoms with E-state index in [1.165, 1.54) is 16.9 Å². The van der Waals surface area contributed by atoms with E-state index in [2.05, 4.69) is 39.8 Å². The zero-order chi connectivity index (χ0) is 18.6. The number of anilines is 1. The summed E-state index contributed by atoms with van der Waals surface area (Å²) in [6, 6.07) is 12.5. The molecule has 5 nitrogen and oxygen atoms in total. The van der Waals surface area contributed by atoms with Gasteiger partial charge < -0.3 is 10.6 Å². The Labute approximate surface area is 163 Å². The molecule has 1 atom stereocenters. The smallest absolute Gasteiger partial charge is 0.254 e. The molecule has 1 saturated heterocycles. The molecule has 1 aromatic carbocycles. The molecule has 2 N–H and O–H groups in total. The third kappa shape index (κ3) is 4.76. The molecule has 2 amide bonds. The van der Waals surface area contributed by atoms with Crippen LogP contribution in [-0.2, 0) is 11.3 Å². The third-order valence-corrected chi connectivity index (χ3v) is 6.01. The highest BCUT2D eigenvalue weighted by molar-refractivity contribution is 7.14. The molecule has 2 aromatic rings. The highest BCUT2D eigenvalue weighted by Gasteiger charge is 2.28. The number of carbonyl (C=O) groups is 2. The molecule has 0 radical (unpaired) electrons. The number of piperidine rings is 1. The number of nitrogens with one attached hydrogen (secondary N) is 2. The number of carbonyl (C=O) groups excluding carboxylic acids is 2. The van der Waals surface area contributed by atoms with Crippen LogP contribution in [0.3, 0.4) is 0 Å². The fourth-order valence-electron chi connectivity index (χ4n) is 3.54. The Hall–Kier alpha value is -2.18. The van der Waals surface area contributed by atoms with Crippen molar-refractivity contribution in [2.75, 3.05) is 18.4 Å². The predicted octanol–water partition coefficient (Wildman–Crippen LogP) is 3.49. The van der Waals surface area contributed by atoms with Crippen molar-refractivity contribution in [3.63, 3.8) is 0 Å². The monoisotopic (exact) mass is 383 g/mol. The van der Waals surface area contributed by atoms with Gasteiger partial charge in [-0.15, -0.1) is 11.3 Å². The maximum atomic E-state index is 12.8. The Morgan fingerprint density at radius 2 is 1.93 bits per heavy atom.